The number of benzene rings is 1. The molecule has 0 spiro atoms. The first-order chi connectivity index (χ1) is 10.1. The molecule has 0 aromatic heterocycles. The number of halogens is 2. The van der Waals surface area contributed by atoms with E-state index < -0.39 is 0 Å². The average molecular weight is 388 g/mol. The van der Waals surface area contributed by atoms with E-state index in [0.717, 1.165) is 4.47 Å². The lowest BCUT2D eigenvalue weighted by molar-refractivity contribution is -0.131. The van der Waals surface area contributed by atoms with Gasteiger partial charge in [-0.15, -0.1) is 12.4 Å². The summed E-state index contributed by atoms with van der Waals surface area (Å²) in [7, 11) is 1.92. The second-order valence-corrected chi connectivity index (χ2v) is 7.47. The molecule has 2 unspecified atom stereocenters. The molecule has 22 heavy (non-hydrogen) atoms. The molecule has 2 bridgehead atoms. The van der Waals surface area contributed by atoms with E-state index in [1.807, 2.05) is 24.1 Å². The Balaban J connectivity index is 0.00000176. The first-order valence-electron chi connectivity index (χ1n) is 7.84. The Bertz CT molecular complexity index is 513. The smallest absolute Gasteiger partial charge is 0.222 e. The summed E-state index contributed by atoms with van der Waals surface area (Å²) in [6.07, 6.45) is 5.64. The van der Waals surface area contributed by atoms with E-state index in [1.165, 1.54) is 31.2 Å². The molecule has 1 amide bonds. The zero-order chi connectivity index (χ0) is 14.8. The third kappa shape index (κ3) is 4.46. The van der Waals surface area contributed by atoms with Crippen LogP contribution in [0, 0.1) is 5.92 Å². The maximum atomic E-state index is 12.4. The van der Waals surface area contributed by atoms with Crippen LogP contribution in [0.5, 0.6) is 0 Å². The molecule has 0 saturated carbocycles. The van der Waals surface area contributed by atoms with Crippen molar-refractivity contribution in [2.24, 2.45) is 5.92 Å². The van der Waals surface area contributed by atoms with Crippen LogP contribution in [0.2, 0.25) is 0 Å². The van der Waals surface area contributed by atoms with Crippen LogP contribution in [0.3, 0.4) is 0 Å². The van der Waals surface area contributed by atoms with Crippen molar-refractivity contribution < 1.29 is 4.79 Å². The minimum absolute atomic E-state index is 0. The van der Waals surface area contributed by atoms with E-state index in [1.54, 1.807) is 0 Å². The summed E-state index contributed by atoms with van der Waals surface area (Å²) in [6.45, 7) is 0.691. The van der Waals surface area contributed by atoms with Gasteiger partial charge in [-0.1, -0.05) is 28.1 Å². The van der Waals surface area contributed by atoms with Crippen molar-refractivity contribution in [1.82, 2.24) is 10.2 Å². The van der Waals surface area contributed by atoms with Crippen molar-refractivity contribution in [2.75, 3.05) is 7.05 Å². The van der Waals surface area contributed by atoms with Crippen molar-refractivity contribution >= 4 is 34.2 Å². The minimum atomic E-state index is 0. The molecule has 1 aromatic rings. The zero-order valence-corrected chi connectivity index (χ0v) is 15.3. The fourth-order valence-corrected chi connectivity index (χ4v) is 4.19. The topological polar surface area (TPSA) is 32.3 Å². The van der Waals surface area contributed by atoms with Crippen molar-refractivity contribution in [1.29, 1.82) is 0 Å². The van der Waals surface area contributed by atoms with Gasteiger partial charge < -0.3 is 10.2 Å². The molecule has 2 heterocycles. The number of hydrogen-bond acceptors (Lipinski definition) is 2. The molecule has 5 heteroatoms. The summed E-state index contributed by atoms with van der Waals surface area (Å²) >= 11 is 3.48. The maximum Gasteiger partial charge on any atom is 0.222 e. The first kappa shape index (κ1) is 17.8. The molecular weight excluding hydrogens is 364 g/mol. The highest BCUT2D eigenvalue weighted by Gasteiger charge is 2.34. The Morgan fingerprint density at radius 2 is 2.00 bits per heavy atom. The van der Waals surface area contributed by atoms with E-state index in [9.17, 15) is 4.79 Å². The van der Waals surface area contributed by atoms with E-state index in [-0.39, 0.29) is 18.3 Å². The Labute approximate surface area is 147 Å². The zero-order valence-electron chi connectivity index (χ0n) is 12.9. The molecule has 3 rings (SSSR count). The largest absolute Gasteiger partial charge is 0.341 e. The standard InChI is InChI=1S/C17H23BrN2O.ClH/c1-20(11-12-3-2-4-14(18)7-12)17(21)10-13-8-15-5-6-16(9-13)19-15;/h2-4,7,13,15-16,19H,5-6,8-11H2,1H3;1H. The minimum Gasteiger partial charge on any atom is -0.341 e. The van der Waals surface area contributed by atoms with Crippen LogP contribution in [0.25, 0.3) is 0 Å². The molecule has 2 atom stereocenters. The Kier molecular flexibility index (Phi) is 6.30. The summed E-state index contributed by atoms with van der Waals surface area (Å²) in [5, 5.41) is 3.64. The van der Waals surface area contributed by atoms with Gasteiger partial charge >= 0.3 is 0 Å². The molecule has 2 saturated heterocycles. The third-order valence-corrected chi connectivity index (χ3v) is 5.26. The van der Waals surface area contributed by atoms with Gasteiger partial charge in [0.2, 0.25) is 5.91 Å². The first-order valence-corrected chi connectivity index (χ1v) is 8.64. The highest BCUT2D eigenvalue weighted by atomic mass is 79.9. The second-order valence-electron chi connectivity index (χ2n) is 6.56. The van der Waals surface area contributed by atoms with Gasteiger partial charge in [0.15, 0.2) is 0 Å². The van der Waals surface area contributed by atoms with Gasteiger partial charge in [0, 0.05) is 36.6 Å². The summed E-state index contributed by atoms with van der Waals surface area (Å²) in [4.78, 5) is 14.3. The fourth-order valence-electron chi connectivity index (χ4n) is 3.74. The molecule has 1 aromatic carbocycles. The highest BCUT2D eigenvalue weighted by Crippen LogP contribution is 2.33. The monoisotopic (exact) mass is 386 g/mol. The van der Waals surface area contributed by atoms with Gasteiger partial charge in [0.25, 0.3) is 0 Å². The van der Waals surface area contributed by atoms with Gasteiger partial charge in [-0.25, -0.2) is 0 Å². The van der Waals surface area contributed by atoms with E-state index in [2.05, 4.69) is 33.4 Å². The van der Waals surface area contributed by atoms with Crippen molar-refractivity contribution in [3.63, 3.8) is 0 Å². The van der Waals surface area contributed by atoms with Crippen molar-refractivity contribution in [2.45, 2.75) is 50.7 Å². The number of carbonyl (C=O) groups excluding carboxylic acids is 1. The molecular formula is C17H24BrClN2O. The number of fused-ring (bicyclic) bond motifs is 2. The van der Waals surface area contributed by atoms with Gasteiger partial charge in [-0.2, -0.15) is 0 Å². The number of nitrogens with one attached hydrogen (secondary N) is 1. The molecule has 1 N–H and O–H groups in total. The van der Waals surface area contributed by atoms with Crippen molar-refractivity contribution in [3.8, 4) is 0 Å². The molecule has 2 aliphatic heterocycles. The van der Waals surface area contributed by atoms with Crippen LogP contribution >= 0.6 is 28.3 Å². The maximum absolute atomic E-state index is 12.4. The SMILES string of the molecule is CN(Cc1cccc(Br)c1)C(=O)CC1CC2CCC(C1)N2.Cl. The van der Waals surface area contributed by atoms with Gasteiger partial charge in [-0.05, 0) is 49.3 Å². The molecule has 122 valence electrons. The summed E-state index contributed by atoms with van der Waals surface area (Å²) in [5.41, 5.74) is 1.17. The van der Waals surface area contributed by atoms with Crippen molar-refractivity contribution in [3.05, 3.63) is 34.3 Å². The van der Waals surface area contributed by atoms with Gasteiger partial charge in [-0.3, -0.25) is 4.79 Å². The number of hydrogen-bond donors (Lipinski definition) is 1. The number of nitrogens with zero attached hydrogens (tertiary/aromatic N) is 1. The Hall–Kier alpha value is -0.580. The van der Waals surface area contributed by atoms with E-state index in [0.29, 0.717) is 31.0 Å². The lowest BCUT2D eigenvalue weighted by Crippen LogP contribution is -2.39. The number of amides is 1. The lowest BCUT2D eigenvalue weighted by atomic mass is 9.89. The summed E-state index contributed by atoms with van der Waals surface area (Å²) in [6, 6.07) is 9.50. The molecule has 3 nitrogen and oxygen atoms in total. The van der Waals surface area contributed by atoms with E-state index in [4.69, 9.17) is 0 Å². The molecule has 2 fully saturated rings. The fraction of sp³-hybridized carbons (Fsp3) is 0.588. The van der Waals surface area contributed by atoms with Crippen LogP contribution < -0.4 is 5.32 Å². The average Bonchev–Trinajstić information content (AvgIpc) is 2.78. The second kappa shape index (κ2) is 7.80. The molecule has 0 aliphatic carbocycles. The number of rotatable bonds is 4. The van der Waals surface area contributed by atoms with Gasteiger partial charge in [0.05, 0.1) is 0 Å². The normalized spacial score (nSPS) is 26.4. The summed E-state index contributed by atoms with van der Waals surface area (Å²) < 4.78 is 1.07. The predicted molar refractivity (Wildman–Crippen MR) is 95.2 cm³/mol. The lowest BCUT2D eigenvalue weighted by Gasteiger charge is -2.30. The Morgan fingerprint density at radius 3 is 2.64 bits per heavy atom. The van der Waals surface area contributed by atoms with E-state index >= 15 is 0 Å². The molecule has 2 aliphatic rings. The predicted octanol–water partition coefficient (Wildman–Crippen LogP) is 3.75. The number of piperidine rings is 1. The summed E-state index contributed by atoms with van der Waals surface area (Å²) in [5.74, 6) is 0.850. The van der Waals surface area contributed by atoms with Gasteiger partial charge in [0.1, 0.15) is 0 Å². The quantitative estimate of drug-likeness (QED) is 0.853. The third-order valence-electron chi connectivity index (χ3n) is 4.77. The molecule has 0 radical (unpaired) electrons. The van der Waals surface area contributed by atoms with Crippen LogP contribution in [0.1, 0.15) is 37.7 Å². The van der Waals surface area contributed by atoms with Crippen LogP contribution in [0.15, 0.2) is 28.7 Å². The number of carbonyl (C=O) groups is 1. The van der Waals surface area contributed by atoms with Crippen LogP contribution in [0.4, 0.5) is 0 Å². The Morgan fingerprint density at radius 1 is 1.32 bits per heavy atom. The van der Waals surface area contributed by atoms with Crippen LogP contribution in [-0.2, 0) is 11.3 Å². The van der Waals surface area contributed by atoms with Crippen LogP contribution in [-0.4, -0.2) is 29.9 Å². The highest BCUT2D eigenvalue weighted by molar-refractivity contribution is 9.10.